The van der Waals surface area contributed by atoms with Crippen LogP contribution in [0.4, 0.5) is 0 Å². The molecule has 1 atom stereocenters. The van der Waals surface area contributed by atoms with Gasteiger partial charge in [-0.05, 0) is 44.9 Å². The lowest BCUT2D eigenvalue weighted by atomic mass is 10.1. The van der Waals surface area contributed by atoms with E-state index < -0.39 is 0 Å². The molecule has 0 saturated carbocycles. The predicted molar refractivity (Wildman–Crippen MR) is 105 cm³/mol. The molecule has 1 fully saturated rings. The van der Waals surface area contributed by atoms with E-state index in [1.165, 1.54) is 0 Å². The zero-order chi connectivity index (χ0) is 19.5. The highest BCUT2D eigenvalue weighted by atomic mass is 16.5. The summed E-state index contributed by atoms with van der Waals surface area (Å²) >= 11 is 0. The Morgan fingerprint density at radius 1 is 1.25 bits per heavy atom. The fourth-order valence-corrected chi connectivity index (χ4v) is 3.62. The third-order valence-electron chi connectivity index (χ3n) is 4.93. The molecule has 3 aromatic rings. The van der Waals surface area contributed by atoms with E-state index in [4.69, 9.17) is 9.26 Å². The molecule has 6 heteroatoms. The Hall–Kier alpha value is -3.15. The maximum atomic E-state index is 13.2. The third-order valence-corrected chi connectivity index (χ3v) is 4.93. The smallest absolute Gasteiger partial charge is 0.258 e. The minimum Gasteiger partial charge on any atom is -0.493 e. The molecule has 0 unspecified atom stereocenters. The fourth-order valence-electron chi connectivity index (χ4n) is 3.62. The zero-order valence-electron chi connectivity index (χ0n) is 16.1. The van der Waals surface area contributed by atoms with Crippen LogP contribution in [0, 0.1) is 6.92 Å². The average Bonchev–Trinajstić information content (AvgIpc) is 3.37. The van der Waals surface area contributed by atoms with Crippen LogP contribution in [0.25, 0.3) is 11.4 Å². The van der Waals surface area contributed by atoms with E-state index in [2.05, 4.69) is 10.1 Å². The molecule has 4 rings (SSSR count). The van der Waals surface area contributed by atoms with Crippen molar-refractivity contribution in [1.82, 2.24) is 15.0 Å². The van der Waals surface area contributed by atoms with E-state index in [1.807, 2.05) is 61.2 Å². The Morgan fingerprint density at radius 2 is 2.11 bits per heavy atom. The van der Waals surface area contributed by atoms with Crippen LogP contribution in [0.2, 0.25) is 0 Å². The van der Waals surface area contributed by atoms with Gasteiger partial charge in [-0.3, -0.25) is 4.79 Å². The van der Waals surface area contributed by atoms with E-state index >= 15 is 0 Å². The molecule has 1 aromatic heterocycles. The van der Waals surface area contributed by atoms with Crippen molar-refractivity contribution >= 4 is 5.91 Å². The maximum absolute atomic E-state index is 13.2. The van der Waals surface area contributed by atoms with Gasteiger partial charge in [-0.25, -0.2) is 0 Å². The number of aryl methyl sites for hydroxylation is 1. The molecule has 2 aromatic carbocycles. The number of carbonyl (C=O) groups is 1. The Kier molecular flexibility index (Phi) is 5.10. The topological polar surface area (TPSA) is 68.5 Å². The molecule has 0 N–H and O–H groups in total. The standard InChI is InChI=1S/C22H23N3O3/c1-3-27-19-12-5-4-10-17(19)22(26)25-13-7-11-18(25)21-23-20(24-28-21)16-9-6-8-15(2)14-16/h4-6,8-10,12,14,18H,3,7,11,13H2,1-2H3/t18-/m1/s1. The number of benzene rings is 2. The molecule has 1 aliphatic heterocycles. The number of hydrogen-bond acceptors (Lipinski definition) is 5. The Bertz CT molecular complexity index is 982. The molecular weight excluding hydrogens is 354 g/mol. The summed E-state index contributed by atoms with van der Waals surface area (Å²) in [6, 6.07) is 15.1. The van der Waals surface area contributed by atoms with Crippen LogP contribution >= 0.6 is 0 Å². The van der Waals surface area contributed by atoms with Gasteiger partial charge >= 0.3 is 0 Å². The molecule has 1 aliphatic rings. The minimum absolute atomic E-state index is 0.0677. The van der Waals surface area contributed by atoms with Crippen molar-refractivity contribution in [3.63, 3.8) is 0 Å². The van der Waals surface area contributed by atoms with Crippen LogP contribution in [0.1, 0.15) is 47.6 Å². The minimum atomic E-state index is -0.215. The number of likely N-dealkylation sites (tertiary alicyclic amines) is 1. The lowest BCUT2D eigenvalue weighted by Gasteiger charge is -2.23. The monoisotopic (exact) mass is 377 g/mol. The number of nitrogens with zero attached hydrogens (tertiary/aromatic N) is 3. The van der Waals surface area contributed by atoms with Crippen molar-refractivity contribution in [2.75, 3.05) is 13.2 Å². The van der Waals surface area contributed by atoms with Crippen LogP contribution in [0.15, 0.2) is 53.1 Å². The van der Waals surface area contributed by atoms with E-state index in [0.717, 1.165) is 24.0 Å². The Morgan fingerprint density at radius 3 is 2.93 bits per heavy atom. The van der Waals surface area contributed by atoms with Crippen LogP contribution in [0.5, 0.6) is 5.75 Å². The average molecular weight is 377 g/mol. The third kappa shape index (κ3) is 3.50. The lowest BCUT2D eigenvalue weighted by molar-refractivity contribution is 0.0706. The molecule has 0 aliphatic carbocycles. The van der Waals surface area contributed by atoms with Crippen molar-refractivity contribution in [3.05, 3.63) is 65.5 Å². The molecule has 2 heterocycles. The van der Waals surface area contributed by atoms with E-state index in [9.17, 15) is 4.79 Å². The summed E-state index contributed by atoms with van der Waals surface area (Å²) in [7, 11) is 0. The summed E-state index contributed by atoms with van der Waals surface area (Å²) < 4.78 is 11.2. The van der Waals surface area contributed by atoms with Gasteiger partial charge in [0.2, 0.25) is 11.7 Å². The first-order valence-electron chi connectivity index (χ1n) is 9.61. The quantitative estimate of drug-likeness (QED) is 0.658. The van der Waals surface area contributed by atoms with Gasteiger partial charge in [0.25, 0.3) is 5.91 Å². The molecule has 0 radical (unpaired) electrons. The first-order valence-corrected chi connectivity index (χ1v) is 9.61. The Balaban J connectivity index is 1.60. The number of rotatable bonds is 5. The second-order valence-corrected chi connectivity index (χ2v) is 6.91. The summed E-state index contributed by atoms with van der Waals surface area (Å²) in [5, 5.41) is 4.14. The van der Waals surface area contributed by atoms with Crippen molar-refractivity contribution in [1.29, 1.82) is 0 Å². The molecule has 28 heavy (non-hydrogen) atoms. The molecule has 1 saturated heterocycles. The van der Waals surface area contributed by atoms with Gasteiger partial charge in [0.15, 0.2) is 0 Å². The molecular formula is C22H23N3O3. The maximum Gasteiger partial charge on any atom is 0.258 e. The molecule has 144 valence electrons. The summed E-state index contributed by atoms with van der Waals surface area (Å²) in [5.74, 6) is 1.57. The second kappa shape index (κ2) is 7.84. The van der Waals surface area contributed by atoms with E-state index in [0.29, 0.717) is 36.2 Å². The number of ether oxygens (including phenoxy) is 1. The van der Waals surface area contributed by atoms with Gasteiger partial charge in [-0.15, -0.1) is 0 Å². The lowest BCUT2D eigenvalue weighted by Crippen LogP contribution is -2.31. The number of aromatic nitrogens is 2. The van der Waals surface area contributed by atoms with Gasteiger partial charge in [0, 0.05) is 12.1 Å². The van der Waals surface area contributed by atoms with Gasteiger partial charge in [0.1, 0.15) is 11.8 Å². The Labute approximate surface area is 164 Å². The van der Waals surface area contributed by atoms with Crippen molar-refractivity contribution < 1.29 is 14.1 Å². The molecule has 0 spiro atoms. The highest BCUT2D eigenvalue weighted by Crippen LogP contribution is 2.34. The zero-order valence-corrected chi connectivity index (χ0v) is 16.1. The van der Waals surface area contributed by atoms with Crippen LogP contribution in [-0.2, 0) is 0 Å². The normalized spacial score (nSPS) is 16.4. The molecule has 6 nitrogen and oxygen atoms in total. The summed E-state index contributed by atoms with van der Waals surface area (Å²) in [5.41, 5.74) is 2.61. The van der Waals surface area contributed by atoms with Crippen molar-refractivity contribution in [3.8, 4) is 17.1 Å². The van der Waals surface area contributed by atoms with Gasteiger partial charge in [-0.1, -0.05) is 41.1 Å². The van der Waals surface area contributed by atoms with E-state index in [-0.39, 0.29) is 11.9 Å². The number of carbonyl (C=O) groups excluding carboxylic acids is 1. The highest BCUT2D eigenvalue weighted by molar-refractivity contribution is 5.97. The van der Waals surface area contributed by atoms with Gasteiger partial charge in [-0.2, -0.15) is 4.98 Å². The summed E-state index contributed by atoms with van der Waals surface area (Å²) in [6.45, 7) is 5.10. The highest BCUT2D eigenvalue weighted by Gasteiger charge is 2.35. The number of para-hydroxylation sites is 1. The first-order chi connectivity index (χ1) is 13.7. The summed E-state index contributed by atoms with van der Waals surface area (Å²) in [4.78, 5) is 19.6. The van der Waals surface area contributed by atoms with Crippen LogP contribution < -0.4 is 4.74 Å². The predicted octanol–water partition coefficient (Wildman–Crippen LogP) is 4.42. The van der Waals surface area contributed by atoms with Crippen molar-refractivity contribution in [2.45, 2.75) is 32.7 Å². The molecule has 1 amide bonds. The van der Waals surface area contributed by atoms with Crippen LogP contribution in [0.3, 0.4) is 0 Å². The van der Waals surface area contributed by atoms with Crippen LogP contribution in [-0.4, -0.2) is 34.1 Å². The largest absolute Gasteiger partial charge is 0.493 e. The number of hydrogen-bond donors (Lipinski definition) is 0. The van der Waals surface area contributed by atoms with Gasteiger partial charge < -0.3 is 14.2 Å². The van der Waals surface area contributed by atoms with Crippen molar-refractivity contribution in [2.24, 2.45) is 0 Å². The first kappa shape index (κ1) is 18.2. The second-order valence-electron chi connectivity index (χ2n) is 6.91. The van der Waals surface area contributed by atoms with E-state index in [1.54, 1.807) is 6.07 Å². The molecule has 0 bridgehead atoms. The summed E-state index contributed by atoms with van der Waals surface area (Å²) in [6.07, 6.45) is 1.70. The van der Waals surface area contributed by atoms with Gasteiger partial charge in [0.05, 0.1) is 12.2 Å². The number of amides is 1. The fraction of sp³-hybridized carbons (Fsp3) is 0.318. The SMILES string of the molecule is CCOc1ccccc1C(=O)N1CCC[C@@H]1c1nc(-c2cccc(C)c2)no1.